The van der Waals surface area contributed by atoms with Crippen molar-refractivity contribution in [2.45, 2.75) is 13.5 Å². The Balaban J connectivity index is 1.81. The van der Waals surface area contributed by atoms with Crippen molar-refractivity contribution in [3.05, 3.63) is 58.0 Å². The molecule has 0 radical (unpaired) electrons. The van der Waals surface area contributed by atoms with Crippen molar-refractivity contribution < 1.29 is 8.78 Å². The van der Waals surface area contributed by atoms with Gasteiger partial charge in [-0.1, -0.05) is 0 Å². The monoisotopic (exact) mass is 352 g/mol. The van der Waals surface area contributed by atoms with E-state index in [-0.39, 0.29) is 10.2 Å². The van der Waals surface area contributed by atoms with Crippen molar-refractivity contribution in [1.29, 1.82) is 0 Å². The zero-order valence-corrected chi connectivity index (χ0v) is 12.7. The van der Waals surface area contributed by atoms with Gasteiger partial charge in [0, 0.05) is 36.6 Å². The Morgan fingerprint density at radius 3 is 2.86 bits per heavy atom. The third-order valence-corrected chi connectivity index (χ3v) is 3.59. The first-order valence-corrected chi connectivity index (χ1v) is 7.01. The van der Waals surface area contributed by atoms with Gasteiger partial charge in [0.05, 0.1) is 15.9 Å². The van der Waals surface area contributed by atoms with Crippen LogP contribution in [-0.4, -0.2) is 14.6 Å². The molecule has 2 aromatic heterocycles. The fraction of sp³-hybridized carbons (Fsp3) is 0.143. The summed E-state index contributed by atoms with van der Waals surface area (Å²) >= 11 is 2.94. The maximum atomic E-state index is 13.7. The third-order valence-electron chi connectivity index (χ3n) is 2.98. The summed E-state index contributed by atoms with van der Waals surface area (Å²) in [7, 11) is 0. The first-order chi connectivity index (χ1) is 10.0. The second kappa shape index (κ2) is 5.40. The van der Waals surface area contributed by atoms with E-state index in [9.17, 15) is 8.78 Å². The summed E-state index contributed by atoms with van der Waals surface area (Å²) in [5, 5.41) is 7.11. The fourth-order valence-corrected chi connectivity index (χ4v) is 2.30. The van der Waals surface area contributed by atoms with Crippen molar-refractivity contribution in [2.24, 2.45) is 0 Å². The van der Waals surface area contributed by atoms with Crippen LogP contribution in [0.1, 0.15) is 11.3 Å². The normalized spacial score (nSPS) is 11.0. The van der Waals surface area contributed by atoms with Crippen molar-refractivity contribution in [2.75, 3.05) is 5.32 Å². The van der Waals surface area contributed by atoms with Gasteiger partial charge in [0.15, 0.2) is 5.65 Å². The van der Waals surface area contributed by atoms with Crippen molar-refractivity contribution in [3.63, 3.8) is 0 Å². The Morgan fingerprint density at radius 2 is 2.05 bits per heavy atom. The van der Waals surface area contributed by atoms with Gasteiger partial charge in [-0.25, -0.2) is 18.3 Å². The number of nitrogens with zero attached hydrogens (tertiary/aromatic N) is 3. The van der Waals surface area contributed by atoms with E-state index in [1.807, 2.05) is 13.0 Å². The summed E-state index contributed by atoms with van der Waals surface area (Å²) < 4.78 is 28.9. The van der Waals surface area contributed by atoms with E-state index in [4.69, 9.17) is 0 Å². The molecule has 0 bridgehead atoms. The van der Waals surface area contributed by atoms with Gasteiger partial charge < -0.3 is 5.32 Å². The van der Waals surface area contributed by atoms with Gasteiger partial charge in [0.25, 0.3) is 0 Å². The topological polar surface area (TPSA) is 42.2 Å². The van der Waals surface area contributed by atoms with Gasteiger partial charge in [-0.05, 0) is 28.9 Å². The highest BCUT2D eigenvalue weighted by molar-refractivity contribution is 9.10. The first-order valence-electron chi connectivity index (χ1n) is 6.22. The lowest BCUT2D eigenvalue weighted by Crippen LogP contribution is -2.04. The maximum Gasteiger partial charge on any atom is 0.155 e. The van der Waals surface area contributed by atoms with Crippen LogP contribution in [-0.2, 0) is 6.54 Å². The second-order valence-electron chi connectivity index (χ2n) is 4.65. The van der Waals surface area contributed by atoms with Crippen LogP contribution in [0.25, 0.3) is 5.65 Å². The summed E-state index contributed by atoms with van der Waals surface area (Å²) in [5.41, 5.74) is 2.53. The van der Waals surface area contributed by atoms with E-state index >= 15 is 0 Å². The molecule has 1 aromatic carbocycles. The highest BCUT2D eigenvalue weighted by Crippen LogP contribution is 2.23. The third kappa shape index (κ3) is 2.87. The Morgan fingerprint density at radius 1 is 1.24 bits per heavy atom. The molecule has 0 saturated carbocycles. The molecule has 0 atom stereocenters. The molecular weight excluding hydrogens is 342 g/mol. The lowest BCUT2D eigenvalue weighted by molar-refractivity contribution is 0.596. The minimum Gasteiger partial charge on any atom is -0.378 e. The molecule has 0 spiro atoms. The molecule has 4 nitrogen and oxygen atoms in total. The predicted molar refractivity (Wildman–Crippen MR) is 79.1 cm³/mol. The summed E-state index contributed by atoms with van der Waals surface area (Å²) in [4.78, 5) is 4.25. The molecular formula is C14H11BrF2N4. The van der Waals surface area contributed by atoms with E-state index < -0.39 is 11.6 Å². The van der Waals surface area contributed by atoms with Crippen LogP contribution in [0.2, 0.25) is 0 Å². The van der Waals surface area contributed by atoms with Crippen LogP contribution < -0.4 is 5.32 Å². The summed E-state index contributed by atoms with van der Waals surface area (Å²) in [5.74, 6) is -1.04. The van der Waals surface area contributed by atoms with Crippen molar-refractivity contribution >= 4 is 27.3 Å². The lowest BCUT2D eigenvalue weighted by atomic mass is 10.2. The molecule has 0 fully saturated rings. The zero-order chi connectivity index (χ0) is 15.0. The number of aryl methyl sites for hydroxylation is 1. The molecule has 1 N–H and O–H groups in total. The predicted octanol–water partition coefficient (Wildman–Crippen LogP) is 3.69. The smallest absolute Gasteiger partial charge is 0.155 e. The number of fused-ring (bicyclic) bond motifs is 1. The highest BCUT2D eigenvalue weighted by Gasteiger charge is 2.08. The van der Waals surface area contributed by atoms with Gasteiger partial charge in [-0.2, -0.15) is 5.10 Å². The van der Waals surface area contributed by atoms with E-state index in [1.165, 1.54) is 0 Å². The molecule has 3 aromatic rings. The Labute approximate surface area is 127 Å². The average Bonchev–Trinajstić information content (AvgIpc) is 2.80. The molecule has 21 heavy (non-hydrogen) atoms. The molecule has 3 rings (SSSR count). The molecule has 0 aliphatic carbocycles. The van der Waals surface area contributed by atoms with Crippen molar-refractivity contribution in [1.82, 2.24) is 14.6 Å². The number of anilines is 1. The molecule has 0 aliphatic heterocycles. The van der Waals surface area contributed by atoms with Crippen molar-refractivity contribution in [3.8, 4) is 0 Å². The minimum atomic E-state index is -0.521. The summed E-state index contributed by atoms with van der Waals surface area (Å²) in [6.45, 7) is 2.20. The van der Waals surface area contributed by atoms with Crippen LogP contribution in [0.3, 0.4) is 0 Å². The summed E-state index contributed by atoms with van der Waals surface area (Å²) in [6.07, 6.45) is 3.48. The number of nitrogens with one attached hydrogen (secondary N) is 1. The zero-order valence-electron chi connectivity index (χ0n) is 11.1. The van der Waals surface area contributed by atoms with E-state index in [2.05, 4.69) is 31.3 Å². The highest BCUT2D eigenvalue weighted by atomic mass is 79.9. The Hall–Kier alpha value is -2.02. The standard InChI is InChI=1S/C14H11BrF2N4/c1-8-2-14-19-6-9(7-21(14)20-8)5-18-13-4-11(16)10(15)3-12(13)17/h2-4,6-7,18H,5H2,1H3. The fourth-order valence-electron chi connectivity index (χ4n) is 1.98. The van der Waals surface area contributed by atoms with E-state index in [0.29, 0.717) is 6.54 Å². The number of hydrogen-bond donors (Lipinski definition) is 1. The second-order valence-corrected chi connectivity index (χ2v) is 5.50. The molecule has 0 saturated heterocycles. The van der Waals surface area contributed by atoms with Gasteiger partial charge in [-0.3, -0.25) is 0 Å². The average molecular weight is 353 g/mol. The number of halogens is 3. The lowest BCUT2D eigenvalue weighted by Gasteiger charge is -2.08. The van der Waals surface area contributed by atoms with E-state index in [0.717, 1.165) is 29.0 Å². The summed E-state index contributed by atoms with van der Waals surface area (Å²) in [6, 6.07) is 4.07. The molecule has 0 unspecified atom stereocenters. The van der Waals surface area contributed by atoms with Crippen LogP contribution in [0.4, 0.5) is 14.5 Å². The molecule has 108 valence electrons. The van der Waals surface area contributed by atoms with Crippen LogP contribution >= 0.6 is 15.9 Å². The van der Waals surface area contributed by atoms with Gasteiger partial charge in [0.2, 0.25) is 0 Å². The van der Waals surface area contributed by atoms with Gasteiger partial charge in [-0.15, -0.1) is 0 Å². The molecule has 0 aliphatic rings. The van der Waals surface area contributed by atoms with Crippen LogP contribution in [0, 0.1) is 18.6 Å². The minimum absolute atomic E-state index is 0.0978. The van der Waals surface area contributed by atoms with Crippen LogP contribution in [0.15, 0.2) is 35.1 Å². The molecule has 2 heterocycles. The number of aromatic nitrogens is 3. The first kappa shape index (κ1) is 13.9. The van der Waals surface area contributed by atoms with Gasteiger partial charge >= 0.3 is 0 Å². The Kier molecular flexibility index (Phi) is 3.59. The molecule has 0 amide bonds. The quantitative estimate of drug-likeness (QED) is 0.731. The van der Waals surface area contributed by atoms with Crippen LogP contribution in [0.5, 0.6) is 0 Å². The Bertz CT molecular complexity index is 816. The maximum absolute atomic E-state index is 13.7. The largest absolute Gasteiger partial charge is 0.378 e. The molecule has 7 heteroatoms. The van der Waals surface area contributed by atoms with E-state index in [1.54, 1.807) is 16.9 Å². The number of rotatable bonds is 3. The number of benzene rings is 1. The number of hydrogen-bond acceptors (Lipinski definition) is 3. The van der Waals surface area contributed by atoms with Gasteiger partial charge in [0.1, 0.15) is 11.6 Å². The SMILES string of the molecule is Cc1cc2ncc(CNc3cc(F)c(Br)cc3F)cn2n1.